The van der Waals surface area contributed by atoms with E-state index in [0.717, 1.165) is 36.9 Å². The number of rotatable bonds is 3. The SMILES string of the molecule is CN(c1ccc(CN)cc1C#N)C1CCCCC1O. The molecule has 1 aromatic rings. The van der Waals surface area contributed by atoms with Gasteiger partial charge in [0, 0.05) is 13.6 Å². The van der Waals surface area contributed by atoms with Crippen molar-refractivity contribution in [2.75, 3.05) is 11.9 Å². The maximum Gasteiger partial charge on any atom is 0.101 e. The van der Waals surface area contributed by atoms with Crippen LogP contribution in [0.3, 0.4) is 0 Å². The van der Waals surface area contributed by atoms with Crippen LogP contribution in [0.1, 0.15) is 36.8 Å². The molecule has 2 unspecified atom stereocenters. The number of hydrogen-bond acceptors (Lipinski definition) is 4. The summed E-state index contributed by atoms with van der Waals surface area (Å²) in [6, 6.07) is 8.04. The Morgan fingerprint density at radius 2 is 2.16 bits per heavy atom. The molecule has 3 N–H and O–H groups in total. The second kappa shape index (κ2) is 6.05. The van der Waals surface area contributed by atoms with Crippen LogP contribution in [0.15, 0.2) is 18.2 Å². The molecule has 0 radical (unpaired) electrons. The van der Waals surface area contributed by atoms with Gasteiger partial charge in [-0.2, -0.15) is 5.26 Å². The molecule has 0 spiro atoms. The summed E-state index contributed by atoms with van der Waals surface area (Å²) in [6.45, 7) is 0.435. The van der Waals surface area contributed by atoms with Gasteiger partial charge < -0.3 is 15.7 Å². The highest BCUT2D eigenvalue weighted by Gasteiger charge is 2.27. The van der Waals surface area contributed by atoms with Crippen LogP contribution >= 0.6 is 0 Å². The Labute approximate surface area is 114 Å². The molecule has 2 rings (SSSR count). The summed E-state index contributed by atoms with van der Waals surface area (Å²) < 4.78 is 0. The number of aliphatic hydroxyl groups excluding tert-OH is 1. The monoisotopic (exact) mass is 259 g/mol. The summed E-state index contributed by atoms with van der Waals surface area (Å²) in [4.78, 5) is 2.04. The van der Waals surface area contributed by atoms with Crippen molar-refractivity contribution in [1.82, 2.24) is 0 Å². The fourth-order valence-electron chi connectivity index (χ4n) is 2.83. The van der Waals surface area contributed by atoms with Crippen LogP contribution in [0, 0.1) is 11.3 Å². The van der Waals surface area contributed by atoms with Gasteiger partial charge >= 0.3 is 0 Å². The largest absolute Gasteiger partial charge is 0.391 e. The summed E-state index contributed by atoms with van der Waals surface area (Å²) in [5, 5.41) is 19.4. The van der Waals surface area contributed by atoms with Crippen molar-refractivity contribution < 1.29 is 5.11 Å². The van der Waals surface area contributed by atoms with Crippen molar-refractivity contribution >= 4 is 5.69 Å². The predicted octanol–water partition coefficient (Wildman–Crippen LogP) is 1.76. The summed E-state index contributed by atoms with van der Waals surface area (Å²) in [6.07, 6.45) is 3.73. The molecule has 0 bridgehead atoms. The van der Waals surface area contributed by atoms with Gasteiger partial charge in [-0.05, 0) is 30.5 Å². The third kappa shape index (κ3) is 2.89. The Hall–Kier alpha value is -1.57. The van der Waals surface area contributed by atoms with Crippen LogP contribution in [0.4, 0.5) is 5.69 Å². The Morgan fingerprint density at radius 3 is 2.79 bits per heavy atom. The Bertz CT molecular complexity index is 481. The molecule has 1 fully saturated rings. The first-order valence-corrected chi connectivity index (χ1v) is 6.81. The molecular formula is C15H21N3O. The van der Waals surface area contributed by atoms with Crippen molar-refractivity contribution in [3.63, 3.8) is 0 Å². The topological polar surface area (TPSA) is 73.3 Å². The number of aliphatic hydroxyl groups is 1. The highest BCUT2D eigenvalue weighted by atomic mass is 16.3. The number of nitrogens with two attached hydrogens (primary N) is 1. The third-order valence-electron chi connectivity index (χ3n) is 3.99. The van der Waals surface area contributed by atoms with Crippen molar-refractivity contribution in [2.45, 2.75) is 44.4 Å². The van der Waals surface area contributed by atoms with Gasteiger partial charge in [0.1, 0.15) is 6.07 Å². The molecule has 0 heterocycles. The van der Waals surface area contributed by atoms with E-state index >= 15 is 0 Å². The maximum atomic E-state index is 10.1. The molecule has 1 aliphatic carbocycles. The van der Waals surface area contributed by atoms with Crippen molar-refractivity contribution in [1.29, 1.82) is 5.26 Å². The van der Waals surface area contributed by atoms with Gasteiger partial charge in [0.05, 0.1) is 23.4 Å². The number of anilines is 1. The van der Waals surface area contributed by atoms with E-state index in [1.165, 1.54) is 0 Å². The van der Waals surface area contributed by atoms with E-state index in [9.17, 15) is 10.4 Å². The lowest BCUT2D eigenvalue weighted by atomic mass is 9.91. The molecule has 19 heavy (non-hydrogen) atoms. The molecule has 4 heteroatoms. The number of nitriles is 1. The Morgan fingerprint density at radius 1 is 1.42 bits per heavy atom. The zero-order valence-corrected chi connectivity index (χ0v) is 11.3. The van der Waals surface area contributed by atoms with E-state index in [4.69, 9.17) is 5.73 Å². The van der Waals surface area contributed by atoms with E-state index in [1.54, 1.807) is 0 Å². The van der Waals surface area contributed by atoms with Crippen LogP contribution < -0.4 is 10.6 Å². The highest BCUT2D eigenvalue weighted by molar-refractivity contribution is 5.60. The first-order valence-electron chi connectivity index (χ1n) is 6.81. The summed E-state index contributed by atoms with van der Waals surface area (Å²) in [5.41, 5.74) is 8.07. The fraction of sp³-hybridized carbons (Fsp3) is 0.533. The van der Waals surface area contributed by atoms with E-state index in [-0.39, 0.29) is 12.1 Å². The van der Waals surface area contributed by atoms with Crippen LogP contribution in [-0.4, -0.2) is 24.3 Å². The lowest BCUT2D eigenvalue weighted by Crippen LogP contribution is -2.43. The summed E-state index contributed by atoms with van der Waals surface area (Å²) in [7, 11) is 1.96. The average molecular weight is 259 g/mol. The summed E-state index contributed by atoms with van der Waals surface area (Å²) in [5.74, 6) is 0. The minimum Gasteiger partial charge on any atom is -0.391 e. The quantitative estimate of drug-likeness (QED) is 0.867. The Kier molecular flexibility index (Phi) is 4.41. The van der Waals surface area contributed by atoms with Crippen molar-refractivity contribution in [3.05, 3.63) is 29.3 Å². The molecular weight excluding hydrogens is 238 g/mol. The molecule has 1 saturated carbocycles. The van der Waals surface area contributed by atoms with E-state index in [2.05, 4.69) is 6.07 Å². The van der Waals surface area contributed by atoms with Gasteiger partial charge in [0.15, 0.2) is 0 Å². The standard InChI is InChI=1S/C15H21N3O/c1-18(14-4-2-3-5-15(14)19)13-7-6-11(9-16)8-12(13)10-17/h6-8,14-15,19H,2-5,9,16H2,1H3. The zero-order valence-electron chi connectivity index (χ0n) is 11.3. The third-order valence-corrected chi connectivity index (χ3v) is 3.99. The molecule has 4 nitrogen and oxygen atoms in total. The minimum absolute atomic E-state index is 0.101. The maximum absolute atomic E-state index is 10.1. The second-order valence-corrected chi connectivity index (χ2v) is 5.20. The first-order chi connectivity index (χ1) is 9.17. The van der Waals surface area contributed by atoms with Crippen molar-refractivity contribution in [2.24, 2.45) is 5.73 Å². The molecule has 1 aliphatic rings. The molecule has 0 amide bonds. The van der Waals surface area contributed by atoms with Crippen molar-refractivity contribution in [3.8, 4) is 6.07 Å². The number of benzene rings is 1. The van der Waals surface area contributed by atoms with Gasteiger partial charge in [-0.15, -0.1) is 0 Å². The number of likely N-dealkylation sites (N-methyl/N-ethyl adjacent to an activating group) is 1. The number of hydrogen-bond donors (Lipinski definition) is 2. The first kappa shape index (κ1) is 13.9. The minimum atomic E-state index is -0.306. The molecule has 0 saturated heterocycles. The average Bonchev–Trinajstić information content (AvgIpc) is 2.46. The second-order valence-electron chi connectivity index (χ2n) is 5.20. The van der Waals surface area contributed by atoms with Crippen LogP contribution in [0.25, 0.3) is 0 Å². The molecule has 2 atom stereocenters. The summed E-state index contributed by atoms with van der Waals surface area (Å²) >= 11 is 0. The molecule has 1 aromatic carbocycles. The van der Waals surface area contributed by atoms with Crippen LogP contribution in [0.5, 0.6) is 0 Å². The molecule has 102 valence electrons. The van der Waals surface area contributed by atoms with Gasteiger partial charge in [0.25, 0.3) is 0 Å². The lowest BCUT2D eigenvalue weighted by Gasteiger charge is -2.37. The van der Waals surface area contributed by atoms with E-state index in [1.807, 2.05) is 30.1 Å². The van der Waals surface area contributed by atoms with Gasteiger partial charge in [-0.3, -0.25) is 0 Å². The number of nitrogens with zero attached hydrogens (tertiary/aromatic N) is 2. The van der Waals surface area contributed by atoms with Gasteiger partial charge in [-0.25, -0.2) is 0 Å². The van der Waals surface area contributed by atoms with Gasteiger partial charge in [-0.1, -0.05) is 18.9 Å². The Balaban J connectivity index is 2.27. The molecule has 0 aromatic heterocycles. The van der Waals surface area contributed by atoms with Gasteiger partial charge in [0.2, 0.25) is 0 Å². The zero-order chi connectivity index (χ0) is 13.8. The predicted molar refractivity (Wildman–Crippen MR) is 75.7 cm³/mol. The van der Waals surface area contributed by atoms with Crippen LogP contribution in [0.2, 0.25) is 0 Å². The lowest BCUT2D eigenvalue weighted by molar-refractivity contribution is 0.106. The molecule has 0 aliphatic heterocycles. The smallest absolute Gasteiger partial charge is 0.101 e. The fourth-order valence-corrected chi connectivity index (χ4v) is 2.83. The van der Waals surface area contributed by atoms with E-state index < -0.39 is 0 Å². The normalized spacial score (nSPS) is 22.8. The van der Waals surface area contributed by atoms with Crippen LogP contribution in [-0.2, 0) is 6.54 Å². The van der Waals surface area contributed by atoms with E-state index in [0.29, 0.717) is 12.1 Å². The highest BCUT2D eigenvalue weighted by Crippen LogP contribution is 2.29.